The molecule has 0 aliphatic rings. The molecule has 142 valence electrons. The van der Waals surface area contributed by atoms with Crippen molar-refractivity contribution in [2.45, 2.75) is 25.3 Å². The van der Waals surface area contributed by atoms with Gasteiger partial charge in [0, 0.05) is 17.6 Å². The highest BCUT2D eigenvalue weighted by Crippen LogP contribution is 2.21. The highest BCUT2D eigenvalue weighted by Gasteiger charge is 2.16. The largest absolute Gasteiger partial charge is 0.492 e. The Balaban J connectivity index is 1.88. The molecular formula is C19H25BrN2O3S. The van der Waals surface area contributed by atoms with Gasteiger partial charge in [-0.05, 0) is 58.8 Å². The van der Waals surface area contributed by atoms with E-state index in [1.807, 2.05) is 24.3 Å². The van der Waals surface area contributed by atoms with E-state index in [0.29, 0.717) is 11.1 Å². The Hall–Kier alpha value is -1.41. The third-order valence-corrected chi connectivity index (χ3v) is 6.50. The van der Waals surface area contributed by atoms with Crippen molar-refractivity contribution >= 4 is 26.0 Å². The minimum absolute atomic E-state index is 0.226. The van der Waals surface area contributed by atoms with E-state index in [1.54, 1.807) is 24.3 Å². The average Bonchev–Trinajstić information content (AvgIpc) is 2.65. The maximum Gasteiger partial charge on any atom is 0.241 e. The van der Waals surface area contributed by atoms with Crippen LogP contribution in [0, 0.1) is 0 Å². The van der Waals surface area contributed by atoms with Crippen LogP contribution >= 0.6 is 15.9 Å². The van der Waals surface area contributed by atoms with Crippen molar-refractivity contribution in [1.82, 2.24) is 9.62 Å². The molecule has 26 heavy (non-hydrogen) atoms. The summed E-state index contributed by atoms with van der Waals surface area (Å²) in [6, 6.07) is 14.2. The second-order valence-electron chi connectivity index (χ2n) is 5.77. The van der Waals surface area contributed by atoms with Gasteiger partial charge in [-0.2, -0.15) is 0 Å². The van der Waals surface area contributed by atoms with Crippen molar-refractivity contribution in [1.29, 1.82) is 0 Å². The van der Waals surface area contributed by atoms with Crippen LogP contribution in [-0.4, -0.2) is 39.6 Å². The van der Waals surface area contributed by atoms with Crippen LogP contribution in [0.25, 0.3) is 0 Å². The highest BCUT2D eigenvalue weighted by atomic mass is 79.9. The van der Waals surface area contributed by atoms with E-state index in [0.717, 1.165) is 30.9 Å². The minimum atomic E-state index is -3.56. The van der Waals surface area contributed by atoms with E-state index in [9.17, 15) is 8.42 Å². The Morgan fingerprint density at radius 3 is 2.31 bits per heavy atom. The predicted molar refractivity (Wildman–Crippen MR) is 108 cm³/mol. The normalized spacial score (nSPS) is 11.7. The van der Waals surface area contributed by atoms with Crippen LogP contribution in [0.1, 0.15) is 19.4 Å². The number of sulfonamides is 1. The van der Waals surface area contributed by atoms with E-state index in [4.69, 9.17) is 4.74 Å². The summed E-state index contributed by atoms with van der Waals surface area (Å²) in [7, 11) is -3.56. The van der Waals surface area contributed by atoms with Gasteiger partial charge in [0.05, 0.1) is 4.90 Å². The molecule has 2 rings (SSSR count). The summed E-state index contributed by atoms with van der Waals surface area (Å²) in [6.45, 7) is 8.03. The maximum absolute atomic E-state index is 12.4. The van der Waals surface area contributed by atoms with Gasteiger partial charge in [0.15, 0.2) is 0 Å². The summed E-state index contributed by atoms with van der Waals surface area (Å²) >= 11 is 3.27. The fourth-order valence-electron chi connectivity index (χ4n) is 2.45. The molecule has 0 unspecified atom stereocenters. The number of nitrogens with zero attached hydrogens (tertiary/aromatic N) is 1. The van der Waals surface area contributed by atoms with E-state index in [2.05, 4.69) is 39.4 Å². The third-order valence-electron chi connectivity index (χ3n) is 4.09. The molecule has 0 bridgehead atoms. The van der Waals surface area contributed by atoms with Gasteiger partial charge in [0.2, 0.25) is 10.0 Å². The van der Waals surface area contributed by atoms with Gasteiger partial charge in [0.25, 0.3) is 0 Å². The lowest BCUT2D eigenvalue weighted by atomic mass is 10.2. The molecule has 0 aliphatic carbocycles. The van der Waals surface area contributed by atoms with Crippen molar-refractivity contribution in [3.05, 3.63) is 58.6 Å². The molecule has 1 N–H and O–H groups in total. The smallest absolute Gasteiger partial charge is 0.241 e. The lowest BCUT2D eigenvalue weighted by Gasteiger charge is -2.18. The molecule has 0 spiro atoms. The number of rotatable bonds is 10. The van der Waals surface area contributed by atoms with E-state index < -0.39 is 10.0 Å². The number of nitrogens with one attached hydrogen (secondary N) is 1. The van der Waals surface area contributed by atoms with Crippen LogP contribution in [0.15, 0.2) is 57.9 Å². The molecule has 0 saturated carbocycles. The Kier molecular flexibility index (Phi) is 8.09. The van der Waals surface area contributed by atoms with Crippen LogP contribution < -0.4 is 9.46 Å². The summed E-state index contributed by atoms with van der Waals surface area (Å²) in [4.78, 5) is 2.53. The summed E-state index contributed by atoms with van der Waals surface area (Å²) < 4.78 is 33.7. The van der Waals surface area contributed by atoms with Crippen molar-refractivity contribution in [2.24, 2.45) is 0 Å². The number of ether oxygens (including phenoxy) is 1. The molecule has 0 aromatic heterocycles. The summed E-state index contributed by atoms with van der Waals surface area (Å²) in [5, 5.41) is 0. The zero-order chi connectivity index (χ0) is 19.0. The topological polar surface area (TPSA) is 58.6 Å². The molecule has 5 nitrogen and oxygen atoms in total. The molecule has 0 aliphatic heterocycles. The van der Waals surface area contributed by atoms with E-state index in [-0.39, 0.29) is 11.4 Å². The third kappa shape index (κ3) is 6.09. The molecule has 0 radical (unpaired) electrons. The predicted octanol–water partition coefficient (Wildman–Crippen LogP) is 3.65. The highest BCUT2D eigenvalue weighted by molar-refractivity contribution is 9.10. The molecule has 2 aromatic rings. The Morgan fingerprint density at radius 1 is 1.04 bits per heavy atom. The van der Waals surface area contributed by atoms with Gasteiger partial charge < -0.3 is 9.64 Å². The standard InChI is InChI=1S/C19H25BrN2O3S/c1-3-22(4-2)13-14-25-17-11-9-16(10-12-17)15-21-26(23,24)19-8-6-5-7-18(19)20/h5-12,21H,3-4,13-15H2,1-2H3. The Morgan fingerprint density at radius 2 is 1.69 bits per heavy atom. The molecule has 0 heterocycles. The van der Waals surface area contributed by atoms with Crippen LogP contribution in [0.3, 0.4) is 0 Å². The Labute approximate surface area is 164 Å². The van der Waals surface area contributed by atoms with Crippen LogP contribution in [0.4, 0.5) is 0 Å². The summed E-state index contributed by atoms with van der Waals surface area (Å²) in [6.07, 6.45) is 0. The SMILES string of the molecule is CCN(CC)CCOc1ccc(CNS(=O)(=O)c2ccccc2Br)cc1. The average molecular weight is 441 g/mol. The molecule has 0 amide bonds. The number of hydrogen-bond donors (Lipinski definition) is 1. The van der Waals surface area contributed by atoms with E-state index in [1.165, 1.54) is 0 Å². The Bertz CT molecular complexity index is 791. The summed E-state index contributed by atoms with van der Waals surface area (Å²) in [5.74, 6) is 0.787. The number of halogens is 1. The van der Waals surface area contributed by atoms with Gasteiger partial charge >= 0.3 is 0 Å². The van der Waals surface area contributed by atoms with Crippen LogP contribution in [0.5, 0.6) is 5.75 Å². The van der Waals surface area contributed by atoms with Crippen molar-refractivity contribution in [3.8, 4) is 5.75 Å². The fraction of sp³-hybridized carbons (Fsp3) is 0.368. The van der Waals surface area contributed by atoms with Gasteiger partial charge in [0.1, 0.15) is 12.4 Å². The van der Waals surface area contributed by atoms with Gasteiger partial charge in [-0.25, -0.2) is 13.1 Å². The second-order valence-corrected chi connectivity index (χ2v) is 8.36. The first-order valence-corrected chi connectivity index (χ1v) is 10.9. The first-order valence-electron chi connectivity index (χ1n) is 8.64. The number of benzene rings is 2. The van der Waals surface area contributed by atoms with Crippen molar-refractivity contribution < 1.29 is 13.2 Å². The first kappa shape index (κ1) is 20.9. The lowest BCUT2D eigenvalue weighted by molar-refractivity contribution is 0.223. The van der Waals surface area contributed by atoms with Crippen molar-refractivity contribution in [3.63, 3.8) is 0 Å². The van der Waals surface area contributed by atoms with Crippen molar-refractivity contribution in [2.75, 3.05) is 26.2 Å². The van der Waals surface area contributed by atoms with Gasteiger partial charge in [-0.1, -0.05) is 38.1 Å². The van der Waals surface area contributed by atoms with Crippen LogP contribution in [0.2, 0.25) is 0 Å². The summed E-state index contributed by atoms with van der Waals surface area (Å²) in [5.41, 5.74) is 0.872. The number of likely N-dealkylation sites (N-methyl/N-ethyl adjacent to an activating group) is 1. The molecular weight excluding hydrogens is 416 g/mol. The fourth-order valence-corrected chi connectivity index (χ4v) is 4.47. The minimum Gasteiger partial charge on any atom is -0.492 e. The van der Waals surface area contributed by atoms with Crippen LogP contribution in [-0.2, 0) is 16.6 Å². The van der Waals surface area contributed by atoms with E-state index >= 15 is 0 Å². The zero-order valence-electron chi connectivity index (χ0n) is 15.1. The second kappa shape index (κ2) is 10.1. The molecule has 0 fully saturated rings. The lowest BCUT2D eigenvalue weighted by Crippen LogP contribution is -2.27. The van der Waals surface area contributed by atoms with Gasteiger partial charge in [-0.15, -0.1) is 0 Å². The van der Waals surface area contributed by atoms with Gasteiger partial charge in [-0.3, -0.25) is 0 Å². The monoisotopic (exact) mass is 440 g/mol. The first-order chi connectivity index (χ1) is 12.5. The quantitative estimate of drug-likeness (QED) is 0.612. The molecule has 7 heteroatoms. The molecule has 0 atom stereocenters. The maximum atomic E-state index is 12.4. The number of hydrogen-bond acceptors (Lipinski definition) is 4. The zero-order valence-corrected chi connectivity index (χ0v) is 17.5. The molecule has 2 aromatic carbocycles. The molecule has 0 saturated heterocycles.